The highest BCUT2D eigenvalue weighted by Crippen LogP contribution is 2.21. The Labute approximate surface area is 202 Å². The molecule has 2 aromatic carbocycles. The van der Waals surface area contributed by atoms with E-state index in [1.807, 2.05) is 42.0 Å². The molecule has 1 atom stereocenters. The lowest BCUT2D eigenvalue weighted by Gasteiger charge is -2.19. The van der Waals surface area contributed by atoms with E-state index in [0.29, 0.717) is 61.4 Å². The minimum absolute atomic E-state index is 0.0526. The summed E-state index contributed by atoms with van der Waals surface area (Å²) < 4.78 is 15.4. The van der Waals surface area contributed by atoms with Crippen LogP contribution < -0.4 is 5.32 Å². The quantitative estimate of drug-likeness (QED) is 0.430. The Bertz CT molecular complexity index is 1380. The standard InChI is InChI=1S/C26H27FN6O2/c1-17-28-11-13-32(17)15-18-4-2-3-5-21(18)26(35)33-12-9-19(16-33)25(34)29-10-8-24-30-22-7-6-20(27)14-23(22)31-24/h2-7,11,13-14,19H,8-10,12,15-16H2,1H3,(H,29,34)(H,30,31). The molecule has 3 heterocycles. The van der Waals surface area contributed by atoms with Gasteiger partial charge in [0.15, 0.2) is 0 Å². The Morgan fingerprint density at radius 3 is 2.91 bits per heavy atom. The number of amides is 2. The lowest BCUT2D eigenvalue weighted by atomic mass is 10.1. The van der Waals surface area contributed by atoms with Gasteiger partial charge in [-0.1, -0.05) is 18.2 Å². The van der Waals surface area contributed by atoms with Crippen molar-refractivity contribution in [2.24, 2.45) is 5.92 Å². The number of aromatic nitrogens is 4. The smallest absolute Gasteiger partial charge is 0.254 e. The third kappa shape index (κ3) is 4.94. The zero-order valence-corrected chi connectivity index (χ0v) is 19.5. The first kappa shape index (κ1) is 22.8. The van der Waals surface area contributed by atoms with Gasteiger partial charge in [0, 0.05) is 50.6 Å². The number of hydrogen-bond donors (Lipinski definition) is 2. The third-order valence-corrected chi connectivity index (χ3v) is 6.51. The number of carbonyl (C=O) groups is 2. The average Bonchev–Trinajstić information content (AvgIpc) is 3.59. The number of fused-ring (bicyclic) bond motifs is 1. The summed E-state index contributed by atoms with van der Waals surface area (Å²) in [5, 5.41) is 2.95. The molecule has 0 radical (unpaired) electrons. The number of hydrogen-bond acceptors (Lipinski definition) is 4. The summed E-state index contributed by atoms with van der Waals surface area (Å²) in [4.78, 5) is 39.5. The molecule has 180 valence electrons. The van der Waals surface area contributed by atoms with E-state index < -0.39 is 0 Å². The van der Waals surface area contributed by atoms with Crippen molar-refractivity contribution in [2.45, 2.75) is 26.3 Å². The highest BCUT2D eigenvalue weighted by molar-refractivity contribution is 5.96. The molecule has 2 aromatic heterocycles. The number of aromatic amines is 1. The summed E-state index contributed by atoms with van der Waals surface area (Å²) >= 11 is 0. The molecule has 5 rings (SSSR count). The van der Waals surface area contributed by atoms with Crippen molar-refractivity contribution < 1.29 is 14.0 Å². The van der Waals surface area contributed by atoms with Gasteiger partial charge in [0.1, 0.15) is 17.5 Å². The highest BCUT2D eigenvalue weighted by atomic mass is 19.1. The van der Waals surface area contributed by atoms with Gasteiger partial charge < -0.3 is 19.8 Å². The van der Waals surface area contributed by atoms with Crippen LogP contribution in [0.25, 0.3) is 11.0 Å². The highest BCUT2D eigenvalue weighted by Gasteiger charge is 2.32. The monoisotopic (exact) mass is 474 g/mol. The number of aryl methyl sites for hydroxylation is 1. The van der Waals surface area contributed by atoms with Gasteiger partial charge in [0.25, 0.3) is 5.91 Å². The first-order chi connectivity index (χ1) is 17.0. The van der Waals surface area contributed by atoms with E-state index in [1.165, 1.54) is 12.1 Å². The number of rotatable bonds is 7. The van der Waals surface area contributed by atoms with Crippen LogP contribution in [0, 0.1) is 18.7 Å². The number of imidazole rings is 2. The maximum Gasteiger partial charge on any atom is 0.254 e. The number of nitrogens with zero attached hydrogens (tertiary/aromatic N) is 4. The third-order valence-electron chi connectivity index (χ3n) is 6.51. The van der Waals surface area contributed by atoms with E-state index >= 15 is 0 Å². The Balaban J connectivity index is 1.16. The zero-order valence-electron chi connectivity index (χ0n) is 19.5. The fraction of sp³-hybridized carbons (Fsp3) is 0.308. The predicted molar refractivity (Wildman–Crippen MR) is 129 cm³/mol. The molecule has 0 spiro atoms. The van der Waals surface area contributed by atoms with E-state index in [2.05, 4.69) is 20.3 Å². The van der Waals surface area contributed by atoms with Crippen LogP contribution in [-0.4, -0.2) is 55.9 Å². The number of benzene rings is 2. The van der Waals surface area contributed by atoms with Crippen LogP contribution in [-0.2, 0) is 17.8 Å². The normalized spacial score (nSPS) is 15.6. The van der Waals surface area contributed by atoms with Gasteiger partial charge in [-0.2, -0.15) is 0 Å². The van der Waals surface area contributed by atoms with Crippen LogP contribution in [0.3, 0.4) is 0 Å². The largest absolute Gasteiger partial charge is 0.355 e. The van der Waals surface area contributed by atoms with Crippen molar-refractivity contribution in [3.63, 3.8) is 0 Å². The van der Waals surface area contributed by atoms with Crippen LogP contribution in [0.1, 0.15) is 34.0 Å². The van der Waals surface area contributed by atoms with Crippen molar-refractivity contribution >= 4 is 22.8 Å². The maximum absolute atomic E-state index is 13.4. The molecule has 2 amide bonds. The molecular formula is C26H27FN6O2. The van der Waals surface area contributed by atoms with Crippen LogP contribution in [0.4, 0.5) is 4.39 Å². The molecule has 1 unspecified atom stereocenters. The van der Waals surface area contributed by atoms with Crippen molar-refractivity contribution in [1.82, 2.24) is 29.7 Å². The van der Waals surface area contributed by atoms with Gasteiger partial charge in [-0.25, -0.2) is 14.4 Å². The summed E-state index contributed by atoms with van der Waals surface area (Å²) in [5.74, 6) is 0.902. The van der Waals surface area contributed by atoms with Crippen molar-refractivity contribution in [3.05, 3.63) is 83.5 Å². The summed E-state index contributed by atoms with van der Waals surface area (Å²) in [6, 6.07) is 12.0. The second-order valence-electron chi connectivity index (χ2n) is 8.88. The van der Waals surface area contributed by atoms with Crippen molar-refractivity contribution in [1.29, 1.82) is 0 Å². The Morgan fingerprint density at radius 1 is 1.23 bits per heavy atom. The molecule has 0 saturated carbocycles. The molecule has 35 heavy (non-hydrogen) atoms. The topological polar surface area (TPSA) is 95.9 Å². The molecule has 1 saturated heterocycles. The first-order valence-corrected chi connectivity index (χ1v) is 11.7. The molecule has 9 heteroatoms. The summed E-state index contributed by atoms with van der Waals surface area (Å²) in [7, 11) is 0. The van der Waals surface area contributed by atoms with Gasteiger partial charge in [0.05, 0.1) is 17.0 Å². The Morgan fingerprint density at radius 2 is 2.09 bits per heavy atom. The van der Waals surface area contributed by atoms with Gasteiger partial charge in [-0.15, -0.1) is 0 Å². The van der Waals surface area contributed by atoms with Crippen LogP contribution in [0.15, 0.2) is 54.9 Å². The number of carbonyl (C=O) groups excluding carboxylic acids is 2. The molecule has 2 N–H and O–H groups in total. The van der Waals surface area contributed by atoms with Gasteiger partial charge >= 0.3 is 0 Å². The second-order valence-corrected chi connectivity index (χ2v) is 8.88. The zero-order chi connectivity index (χ0) is 24.4. The second kappa shape index (κ2) is 9.69. The lowest BCUT2D eigenvalue weighted by molar-refractivity contribution is -0.124. The summed E-state index contributed by atoms with van der Waals surface area (Å²) in [6.07, 6.45) is 4.79. The van der Waals surface area contributed by atoms with E-state index in [9.17, 15) is 14.0 Å². The van der Waals surface area contributed by atoms with Gasteiger partial charge in [-0.05, 0) is 43.2 Å². The fourth-order valence-corrected chi connectivity index (χ4v) is 4.55. The van der Waals surface area contributed by atoms with Crippen molar-refractivity contribution in [3.8, 4) is 0 Å². The number of H-pyrrole nitrogens is 1. The SMILES string of the molecule is Cc1nccn1Cc1ccccc1C(=O)N1CCC(C(=O)NCCc2nc3ccc(F)cc3[nH]2)C1. The molecule has 1 aliphatic rings. The van der Waals surface area contributed by atoms with E-state index in [0.717, 1.165) is 11.4 Å². The first-order valence-electron chi connectivity index (χ1n) is 11.7. The molecule has 0 bridgehead atoms. The van der Waals surface area contributed by atoms with Gasteiger partial charge in [0.2, 0.25) is 5.91 Å². The molecule has 4 aromatic rings. The Hall–Kier alpha value is -4.01. The van der Waals surface area contributed by atoms with Crippen LogP contribution in [0.5, 0.6) is 0 Å². The summed E-state index contributed by atoms with van der Waals surface area (Å²) in [6.45, 7) is 3.86. The van der Waals surface area contributed by atoms with Crippen LogP contribution in [0.2, 0.25) is 0 Å². The number of halogens is 1. The van der Waals surface area contributed by atoms with Gasteiger partial charge in [-0.3, -0.25) is 9.59 Å². The van der Waals surface area contributed by atoms with Crippen LogP contribution >= 0.6 is 0 Å². The minimum Gasteiger partial charge on any atom is -0.355 e. The van der Waals surface area contributed by atoms with Crippen molar-refractivity contribution in [2.75, 3.05) is 19.6 Å². The average molecular weight is 475 g/mol. The lowest BCUT2D eigenvalue weighted by Crippen LogP contribution is -2.35. The number of likely N-dealkylation sites (tertiary alicyclic amines) is 1. The van der Waals surface area contributed by atoms with E-state index in [1.54, 1.807) is 17.2 Å². The molecule has 1 aliphatic heterocycles. The van der Waals surface area contributed by atoms with E-state index in [-0.39, 0.29) is 23.5 Å². The Kier molecular flexibility index (Phi) is 6.31. The fourth-order valence-electron chi connectivity index (χ4n) is 4.55. The molecular weight excluding hydrogens is 447 g/mol. The summed E-state index contributed by atoms with van der Waals surface area (Å²) in [5.41, 5.74) is 2.92. The molecule has 1 fully saturated rings. The molecule has 0 aliphatic carbocycles. The number of nitrogens with one attached hydrogen (secondary N) is 2. The van der Waals surface area contributed by atoms with E-state index in [4.69, 9.17) is 0 Å². The maximum atomic E-state index is 13.4. The molecule has 8 nitrogen and oxygen atoms in total. The minimum atomic E-state index is -0.319. The predicted octanol–water partition coefficient (Wildman–Crippen LogP) is 3.08.